The maximum absolute atomic E-state index is 10.5. The Balaban J connectivity index is 2.47. The Hall–Kier alpha value is -1.46. The zero-order chi connectivity index (χ0) is 12.5. The Morgan fingerprint density at radius 3 is 2.59 bits per heavy atom. The van der Waals surface area contributed by atoms with E-state index in [2.05, 4.69) is 4.98 Å². The summed E-state index contributed by atoms with van der Waals surface area (Å²) in [7, 11) is 0. The first kappa shape index (κ1) is 13.6. The van der Waals surface area contributed by atoms with Gasteiger partial charge in [-0.2, -0.15) is 0 Å². The summed E-state index contributed by atoms with van der Waals surface area (Å²) in [4.78, 5) is 16.5. The number of carbonyl (C=O) groups is 1. The van der Waals surface area contributed by atoms with Gasteiger partial charge >= 0.3 is 5.97 Å². The van der Waals surface area contributed by atoms with Crippen molar-refractivity contribution in [3.05, 3.63) is 30.1 Å². The van der Waals surface area contributed by atoms with Gasteiger partial charge in [0.05, 0.1) is 6.42 Å². The molecule has 0 fully saturated rings. The normalized spacial score (nSPS) is 10.7. The fourth-order valence-electron chi connectivity index (χ4n) is 1.56. The topological polar surface area (TPSA) is 73.7 Å². The van der Waals surface area contributed by atoms with E-state index in [1.165, 1.54) is 0 Å². The van der Waals surface area contributed by atoms with Crippen molar-refractivity contribution in [3.63, 3.8) is 0 Å². The van der Waals surface area contributed by atoms with Crippen molar-refractivity contribution in [2.45, 2.75) is 19.4 Å². The van der Waals surface area contributed by atoms with Gasteiger partial charge in [0, 0.05) is 38.6 Å². The summed E-state index contributed by atoms with van der Waals surface area (Å²) in [6, 6.07) is 3.82. The first-order chi connectivity index (χ1) is 8.22. The summed E-state index contributed by atoms with van der Waals surface area (Å²) >= 11 is 0. The van der Waals surface area contributed by atoms with Crippen LogP contribution >= 0.6 is 0 Å². The summed E-state index contributed by atoms with van der Waals surface area (Å²) in [5.74, 6) is -0.797. The summed E-state index contributed by atoms with van der Waals surface area (Å²) in [5, 5.41) is 17.5. The van der Waals surface area contributed by atoms with Crippen LogP contribution in [0.2, 0.25) is 0 Å². The van der Waals surface area contributed by atoms with Gasteiger partial charge in [-0.15, -0.1) is 0 Å². The van der Waals surface area contributed by atoms with Gasteiger partial charge in [-0.05, 0) is 24.1 Å². The van der Waals surface area contributed by atoms with Gasteiger partial charge in [0.25, 0.3) is 0 Å². The molecule has 94 valence electrons. The highest BCUT2D eigenvalue weighted by molar-refractivity contribution is 5.66. The molecule has 0 bridgehead atoms. The summed E-state index contributed by atoms with van der Waals surface area (Å²) in [6.07, 6.45) is 4.22. The van der Waals surface area contributed by atoms with Crippen molar-refractivity contribution in [2.24, 2.45) is 0 Å². The maximum atomic E-state index is 10.5. The van der Waals surface area contributed by atoms with Crippen LogP contribution in [0.4, 0.5) is 0 Å². The van der Waals surface area contributed by atoms with Gasteiger partial charge in [0.1, 0.15) is 0 Å². The van der Waals surface area contributed by atoms with Gasteiger partial charge < -0.3 is 10.2 Å². The molecule has 17 heavy (non-hydrogen) atoms. The number of carboxylic acid groups (broad SMARTS) is 1. The molecule has 1 heterocycles. The fraction of sp³-hybridized carbons (Fsp3) is 0.500. The van der Waals surface area contributed by atoms with Crippen molar-refractivity contribution in [2.75, 3.05) is 19.7 Å². The number of nitrogens with zero attached hydrogens (tertiary/aromatic N) is 2. The molecular weight excluding hydrogens is 220 g/mol. The molecule has 5 heteroatoms. The lowest BCUT2D eigenvalue weighted by molar-refractivity contribution is -0.137. The lowest BCUT2D eigenvalue weighted by Crippen LogP contribution is -2.27. The van der Waals surface area contributed by atoms with Gasteiger partial charge in [-0.25, -0.2) is 0 Å². The van der Waals surface area contributed by atoms with Crippen LogP contribution in [0.5, 0.6) is 0 Å². The lowest BCUT2D eigenvalue weighted by atomic mass is 10.2. The van der Waals surface area contributed by atoms with Gasteiger partial charge in [0.15, 0.2) is 0 Å². The number of hydrogen-bond acceptors (Lipinski definition) is 4. The van der Waals surface area contributed by atoms with Gasteiger partial charge in [0.2, 0.25) is 0 Å². The second-order valence-electron chi connectivity index (χ2n) is 3.85. The smallest absolute Gasteiger partial charge is 0.304 e. The van der Waals surface area contributed by atoms with Crippen LogP contribution in [-0.4, -0.2) is 45.8 Å². The van der Waals surface area contributed by atoms with E-state index in [0.29, 0.717) is 26.1 Å². The minimum Gasteiger partial charge on any atom is -0.481 e. The van der Waals surface area contributed by atoms with Crippen molar-refractivity contribution in [1.82, 2.24) is 9.88 Å². The Labute approximate surface area is 101 Å². The molecule has 0 aliphatic rings. The van der Waals surface area contributed by atoms with E-state index in [9.17, 15) is 4.79 Å². The molecule has 0 amide bonds. The van der Waals surface area contributed by atoms with Gasteiger partial charge in [-0.3, -0.25) is 14.7 Å². The van der Waals surface area contributed by atoms with Crippen molar-refractivity contribution in [3.8, 4) is 0 Å². The van der Waals surface area contributed by atoms with E-state index in [0.717, 1.165) is 5.56 Å². The van der Waals surface area contributed by atoms with E-state index in [1.807, 2.05) is 17.0 Å². The molecule has 0 saturated heterocycles. The standard InChI is InChI=1S/C12H18N2O3/c15-9-1-7-14(8-4-12(16)17)10-11-2-5-13-6-3-11/h2-3,5-6,15H,1,4,7-10H2,(H,16,17). The first-order valence-electron chi connectivity index (χ1n) is 5.66. The molecule has 2 N–H and O–H groups in total. The molecule has 0 aromatic carbocycles. The number of rotatable bonds is 8. The van der Waals surface area contributed by atoms with Crippen LogP contribution in [0.1, 0.15) is 18.4 Å². The average Bonchev–Trinajstić information content (AvgIpc) is 2.34. The lowest BCUT2D eigenvalue weighted by Gasteiger charge is -2.21. The zero-order valence-electron chi connectivity index (χ0n) is 9.75. The molecule has 0 radical (unpaired) electrons. The van der Waals surface area contributed by atoms with E-state index in [1.54, 1.807) is 12.4 Å². The minimum absolute atomic E-state index is 0.122. The number of aliphatic carboxylic acids is 1. The van der Waals surface area contributed by atoms with E-state index >= 15 is 0 Å². The molecule has 0 aliphatic heterocycles. The molecule has 1 aromatic heterocycles. The Morgan fingerprint density at radius 1 is 1.29 bits per heavy atom. The molecule has 5 nitrogen and oxygen atoms in total. The average molecular weight is 238 g/mol. The number of aliphatic hydroxyl groups excluding tert-OH is 1. The second kappa shape index (κ2) is 7.76. The minimum atomic E-state index is -0.797. The summed E-state index contributed by atoms with van der Waals surface area (Å²) in [6.45, 7) is 2.01. The number of pyridine rings is 1. The highest BCUT2D eigenvalue weighted by atomic mass is 16.4. The maximum Gasteiger partial charge on any atom is 0.304 e. The van der Waals surface area contributed by atoms with E-state index in [4.69, 9.17) is 10.2 Å². The molecule has 0 unspecified atom stereocenters. The summed E-state index contributed by atoms with van der Waals surface area (Å²) < 4.78 is 0. The van der Waals surface area contributed by atoms with Crippen molar-refractivity contribution >= 4 is 5.97 Å². The quantitative estimate of drug-likeness (QED) is 0.699. The van der Waals surface area contributed by atoms with Crippen LogP contribution in [0, 0.1) is 0 Å². The SMILES string of the molecule is O=C(O)CCN(CCCO)Cc1ccncc1. The number of hydrogen-bond donors (Lipinski definition) is 2. The van der Waals surface area contributed by atoms with Gasteiger partial charge in [-0.1, -0.05) is 0 Å². The van der Waals surface area contributed by atoms with E-state index in [-0.39, 0.29) is 13.0 Å². The van der Waals surface area contributed by atoms with E-state index < -0.39 is 5.97 Å². The van der Waals surface area contributed by atoms with Crippen molar-refractivity contribution < 1.29 is 15.0 Å². The third-order valence-corrected chi connectivity index (χ3v) is 2.43. The number of aromatic nitrogens is 1. The monoisotopic (exact) mass is 238 g/mol. The molecule has 1 rings (SSSR count). The predicted molar refractivity (Wildman–Crippen MR) is 63.5 cm³/mol. The van der Waals surface area contributed by atoms with Crippen LogP contribution in [-0.2, 0) is 11.3 Å². The van der Waals surface area contributed by atoms with Crippen LogP contribution in [0.25, 0.3) is 0 Å². The molecule has 1 aromatic rings. The Bertz CT molecular complexity index is 330. The first-order valence-corrected chi connectivity index (χ1v) is 5.66. The largest absolute Gasteiger partial charge is 0.481 e. The van der Waals surface area contributed by atoms with Crippen LogP contribution in [0.15, 0.2) is 24.5 Å². The fourth-order valence-corrected chi connectivity index (χ4v) is 1.56. The second-order valence-corrected chi connectivity index (χ2v) is 3.85. The predicted octanol–water partition coefficient (Wildman–Crippen LogP) is 0.741. The third kappa shape index (κ3) is 5.99. The van der Waals surface area contributed by atoms with Crippen LogP contribution in [0.3, 0.4) is 0 Å². The van der Waals surface area contributed by atoms with Crippen LogP contribution < -0.4 is 0 Å². The number of aliphatic hydroxyl groups is 1. The molecule has 0 spiro atoms. The molecule has 0 saturated carbocycles. The number of carboxylic acids is 1. The third-order valence-electron chi connectivity index (χ3n) is 2.43. The molecular formula is C12H18N2O3. The van der Waals surface area contributed by atoms with Crippen molar-refractivity contribution in [1.29, 1.82) is 0 Å². The zero-order valence-corrected chi connectivity index (χ0v) is 9.75. The highest BCUT2D eigenvalue weighted by Gasteiger charge is 2.07. The molecule has 0 atom stereocenters. The Kier molecular flexibility index (Phi) is 6.21. The Morgan fingerprint density at radius 2 is 2.00 bits per heavy atom. The molecule has 0 aliphatic carbocycles. The highest BCUT2D eigenvalue weighted by Crippen LogP contribution is 2.04. The summed E-state index contributed by atoms with van der Waals surface area (Å²) in [5.41, 5.74) is 1.10.